The fourth-order valence-electron chi connectivity index (χ4n) is 2.16. The molecule has 3 heteroatoms. The number of rotatable bonds is 4. The molecule has 80 valence electrons. The number of ether oxygens (including phenoxy) is 2. The van der Waals surface area contributed by atoms with E-state index >= 15 is 0 Å². The normalized spacial score (nSPS) is 34.8. The molecule has 1 aliphatic heterocycles. The summed E-state index contributed by atoms with van der Waals surface area (Å²) in [7, 11) is 0. The van der Waals surface area contributed by atoms with E-state index in [1.54, 1.807) is 0 Å². The minimum atomic E-state index is -0.508. The van der Waals surface area contributed by atoms with E-state index < -0.39 is 5.60 Å². The number of hydrogen-bond acceptors (Lipinski definition) is 3. The number of hydrogen-bond donors (Lipinski definition) is 0. The zero-order valence-corrected chi connectivity index (χ0v) is 8.75. The maximum atomic E-state index is 11.7. The third-order valence-electron chi connectivity index (χ3n) is 3.16. The van der Waals surface area contributed by atoms with E-state index in [0.717, 1.165) is 32.1 Å². The van der Waals surface area contributed by atoms with E-state index in [-0.39, 0.29) is 12.1 Å². The van der Waals surface area contributed by atoms with Gasteiger partial charge >= 0.3 is 5.97 Å². The lowest BCUT2D eigenvalue weighted by Gasteiger charge is -2.15. The molecule has 2 atom stereocenters. The van der Waals surface area contributed by atoms with Crippen molar-refractivity contribution in [3.63, 3.8) is 0 Å². The monoisotopic (exact) mass is 198 g/mol. The van der Waals surface area contributed by atoms with Crippen LogP contribution in [0.5, 0.6) is 0 Å². The smallest absolute Gasteiger partial charge is 0.341 e. The highest BCUT2D eigenvalue weighted by Crippen LogP contribution is 2.48. The molecule has 3 nitrogen and oxygen atoms in total. The summed E-state index contributed by atoms with van der Waals surface area (Å²) < 4.78 is 10.7. The van der Waals surface area contributed by atoms with E-state index in [1.165, 1.54) is 6.42 Å². The summed E-state index contributed by atoms with van der Waals surface area (Å²) in [6.07, 6.45) is 6.36. The fourth-order valence-corrected chi connectivity index (χ4v) is 2.16. The van der Waals surface area contributed by atoms with Gasteiger partial charge in [0.1, 0.15) is 0 Å². The van der Waals surface area contributed by atoms with Gasteiger partial charge in [-0.1, -0.05) is 19.8 Å². The highest BCUT2D eigenvalue weighted by molar-refractivity contribution is 5.83. The Kier molecular flexibility index (Phi) is 2.77. The van der Waals surface area contributed by atoms with E-state index in [9.17, 15) is 4.79 Å². The quantitative estimate of drug-likeness (QED) is 0.394. The van der Waals surface area contributed by atoms with Gasteiger partial charge in [0.2, 0.25) is 0 Å². The molecule has 0 amide bonds. The predicted octanol–water partition coefficient (Wildman–Crippen LogP) is 2.04. The van der Waals surface area contributed by atoms with Crippen LogP contribution in [-0.4, -0.2) is 24.3 Å². The second-order valence-corrected chi connectivity index (χ2v) is 4.23. The van der Waals surface area contributed by atoms with Crippen molar-refractivity contribution < 1.29 is 14.3 Å². The van der Waals surface area contributed by atoms with Crippen LogP contribution in [0.4, 0.5) is 0 Å². The largest absolute Gasteiger partial charge is 0.463 e. The maximum absolute atomic E-state index is 11.7. The van der Waals surface area contributed by atoms with Crippen LogP contribution in [0.3, 0.4) is 0 Å². The standard InChI is InChI=1S/C11H18O3/c1-2-3-8-13-10(12)11-7-5-4-6-9(11)14-11/h9H,2-8H2,1H3/t9-,11+/m0/s1. The van der Waals surface area contributed by atoms with Crippen molar-refractivity contribution in [2.45, 2.75) is 57.2 Å². The van der Waals surface area contributed by atoms with E-state index in [2.05, 4.69) is 6.92 Å². The first-order chi connectivity index (χ1) is 6.79. The average Bonchev–Trinajstić information content (AvgIpc) is 2.93. The van der Waals surface area contributed by atoms with E-state index in [4.69, 9.17) is 9.47 Å². The highest BCUT2D eigenvalue weighted by Gasteiger charge is 2.64. The van der Waals surface area contributed by atoms with Crippen LogP contribution in [0, 0.1) is 0 Å². The third-order valence-corrected chi connectivity index (χ3v) is 3.16. The third kappa shape index (κ3) is 1.65. The zero-order chi connectivity index (χ0) is 10.0. The van der Waals surface area contributed by atoms with Crippen LogP contribution in [0.15, 0.2) is 0 Å². The molecule has 2 aliphatic rings. The molecule has 0 aromatic rings. The molecule has 1 heterocycles. The molecule has 2 rings (SSSR count). The van der Waals surface area contributed by atoms with Crippen molar-refractivity contribution in [3.05, 3.63) is 0 Å². The summed E-state index contributed by atoms with van der Waals surface area (Å²) in [5, 5.41) is 0. The molecule has 1 saturated heterocycles. The van der Waals surface area contributed by atoms with Crippen molar-refractivity contribution in [2.24, 2.45) is 0 Å². The Labute approximate surface area is 84.8 Å². The van der Waals surface area contributed by atoms with Crippen LogP contribution in [0.2, 0.25) is 0 Å². The Morgan fingerprint density at radius 1 is 1.57 bits per heavy atom. The van der Waals surface area contributed by atoms with Crippen molar-refractivity contribution in [3.8, 4) is 0 Å². The highest BCUT2D eigenvalue weighted by atomic mass is 16.7. The summed E-state index contributed by atoms with van der Waals surface area (Å²) in [6.45, 7) is 2.64. The Balaban J connectivity index is 1.80. The van der Waals surface area contributed by atoms with Gasteiger partial charge in [-0.25, -0.2) is 4.79 Å². The molecule has 1 saturated carbocycles. The Morgan fingerprint density at radius 2 is 2.43 bits per heavy atom. The van der Waals surface area contributed by atoms with Crippen molar-refractivity contribution in [1.82, 2.24) is 0 Å². The lowest BCUT2D eigenvalue weighted by atomic mass is 9.89. The summed E-state index contributed by atoms with van der Waals surface area (Å²) in [4.78, 5) is 11.7. The van der Waals surface area contributed by atoms with E-state index in [1.807, 2.05) is 0 Å². The van der Waals surface area contributed by atoms with Crippen LogP contribution >= 0.6 is 0 Å². The fraction of sp³-hybridized carbons (Fsp3) is 0.909. The number of unbranched alkanes of at least 4 members (excludes halogenated alkanes) is 1. The SMILES string of the molecule is CCCCOC(=O)[C@@]12CCCC[C@@H]1O2. The van der Waals surface area contributed by atoms with Crippen LogP contribution in [-0.2, 0) is 14.3 Å². The number of carbonyl (C=O) groups excluding carboxylic acids is 1. The zero-order valence-electron chi connectivity index (χ0n) is 8.75. The first kappa shape index (κ1) is 9.97. The molecule has 14 heavy (non-hydrogen) atoms. The van der Waals surface area contributed by atoms with Gasteiger partial charge in [-0.3, -0.25) is 0 Å². The molecule has 0 unspecified atom stereocenters. The topological polar surface area (TPSA) is 38.8 Å². The van der Waals surface area contributed by atoms with Crippen LogP contribution in [0.25, 0.3) is 0 Å². The molecule has 0 bridgehead atoms. The number of carbonyl (C=O) groups is 1. The van der Waals surface area contributed by atoms with Gasteiger partial charge in [0.15, 0.2) is 5.60 Å². The lowest BCUT2D eigenvalue weighted by molar-refractivity contribution is -0.150. The number of epoxide rings is 1. The van der Waals surface area contributed by atoms with Gasteiger partial charge in [0.05, 0.1) is 12.7 Å². The van der Waals surface area contributed by atoms with Gasteiger partial charge in [-0.05, 0) is 25.7 Å². The minimum Gasteiger partial charge on any atom is -0.463 e. The molecule has 0 N–H and O–H groups in total. The first-order valence-corrected chi connectivity index (χ1v) is 5.64. The lowest BCUT2D eigenvalue weighted by Crippen LogP contribution is -2.32. The summed E-state index contributed by atoms with van der Waals surface area (Å²) >= 11 is 0. The molecule has 0 radical (unpaired) electrons. The number of esters is 1. The van der Waals surface area contributed by atoms with Crippen molar-refractivity contribution >= 4 is 5.97 Å². The van der Waals surface area contributed by atoms with Gasteiger partial charge in [0.25, 0.3) is 0 Å². The van der Waals surface area contributed by atoms with E-state index in [0.29, 0.717) is 6.61 Å². The summed E-state index contributed by atoms with van der Waals surface area (Å²) in [5.74, 6) is -0.115. The van der Waals surface area contributed by atoms with Crippen molar-refractivity contribution in [1.29, 1.82) is 0 Å². The van der Waals surface area contributed by atoms with Gasteiger partial charge in [0, 0.05) is 0 Å². The average molecular weight is 198 g/mol. The van der Waals surface area contributed by atoms with Gasteiger partial charge < -0.3 is 9.47 Å². The molecule has 0 aromatic heterocycles. The van der Waals surface area contributed by atoms with Gasteiger partial charge in [-0.15, -0.1) is 0 Å². The summed E-state index contributed by atoms with van der Waals surface area (Å²) in [6, 6.07) is 0. The summed E-state index contributed by atoms with van der Waals surface area (Å²) in [5.41, 5.74) is -0.508. The first-order valence-electron chi connectivity index (χ1n) is 5.64. The molecule has 0 aromatic carbocycles. The Hall–Kier alpha value is -0.570. The molecule has 2 fully saturated rings. The maximum Gasteiger partial charge on any atom is 0.341 e. The molecular weight excluding hydrogens is 180 g/mol. The molecule has 0 spiro atoms. The molecular formula is C11H18O3. The molecule has 1 aliphatic carbocycles. The van der Waals surface area contributed by atoms with Crippen LogP contribution in [0.1, 0.15) is 45.4 Å². The van der Waals surface area contributed by atoms with Crippen LogP contribution < -0.4 is 0 Å². The van der Waals surface area contributed by atoms with Crippen molar-refractivity contribution in [2.75, 3.05) is 6.61 Å². The predicted molar refractivity (Wildman–Crippen MR) is 51.9 cm³/mol. The van der Waals surface area contributed by atoms with Gasteiger partial charge in [-0.2, -0.15) is 0 Å². The Morgan fingerprint density at radius 3 is 3.14 bits per heavy atom. The minimum absolute atomic E-state index is 0.115. The second-order valence-electron chi connectivity index (χ2n) is 4.23. The number of fused-ring (bicyclic) bond motifs is 1. The Bertz CT molecular complexity index is 227. The second kappa shape index (κ2) is 3.89.